The molecule has 0 fully saturated rings. The van der Waals surface area contributed by atoms with E-state index in [0.717, 1.165) is 0 Å². The van der Waals surface area contributed by atoms with E-state index < -0.39 is 8.40 Å². The molecule has 2 nitrogen and oxygen atoms in total. The van der Waals surface area contributed by atoms with Crippen molar-refractivity contribution in [3.05, 3.63) is 140 Å². The lowest BCUT2D eigenvalue weighted by Gasteiger charge is -2.30. The van der Waals surface area contributed by atoms with Gasteiger partial charge in [-0.3, -0.25) is 0 Å². The first-order chi connectivity index (χ1) is 20.7. The van der Waals surface area contributed by atoms with Gasteiger partial charge in [0.15, 0.2) is 0 Å². The SMILES string of the molecule is C[Si]1(c2ccccc2)n2c(cc3c4ccccc4c4ccccc4c32)-c2cc3c4ccccc4c4ccccc4c3n21. The third-order valence-corrected chi connectivity index (χ3v) is 13.9. The average molecular weight is 551 g/mol. The molecule has 0 bridgehead atoms. The van der Waals surface area contributed by atoms with E-state index in [1.807, 2.05) is 0 Å². The first kappa shape index (κ1) is 22.6. The second kappa shape index (κ2) is 7.78. The number of fused-ring (bicyclic) bond motifs is 17. The van der Waals surface area contributed by atoms with E-state index in [1.165, 1.54) is 81.5 Å². The molecular weight excluding hydrogens is 525 g/mol. The molecule has 1 aliphatic rings. The van der Waals surface area contributed by atoms with Crippen LogP contribution < -0.4 is 5.19 Å². The van der Waals surface area contributed by atoms with Crippen LogP contribution in [0.15, 0.2) is 140 Å². The van der Waals surface area contributed by atoms with Gasteiger partial charge in [-0.05, 0) is 56.2 Å². The zero-order valence-electron chi connectivity index (χ0n) is 23.2. The van der Waals surface area contributed by atoms with Crippen LogP contribution in [0.4, 0.5) is 0 Å². The topological polar surface area (TPSA) is 9.86 Å². The monoisotopic (exact) mass is 550 g/mol. The third-order valence-electron chi connectivity index (χ3n) is 9.83. The summed E-state index contributed by atoms with van der Waals surface area (Å²) >= 11 is 0. The highest BCUT2D eigenvalue weighted by Gasteiger charge is 2.47. The van der Waals surface area contributed by atoms with Crippen LogP contribution in [0.5, 0.6) is 0 Å². The van der Waals surface area contributed by atoms with Crippen molar-refractivity contribution in [3.8, 4) is 11.4 Å². The van der Waals surface area contributed by atoms with Crippen molar-refractivity contribution in [2.45, 2.75) is 6.55 Å². The van der Waals surface area contributed by atoms with Gasteiger partial charge in [0.05, 0.1) is 22.4 Å². The molecular formula is C39H26N2Si. The van der Waals surface area contributed by atoms with Gasteiger partial charge in [-0.25, -0.2) is 0 Å². The molecule has 2 aromatic heterocycles. The highest BCUT2D eigenvalue weighted by Crippen LogP contribution is 2.49. The highest BCUT2D eigenvalue weighted by atomic mass is 28.3. The predicted octanol–water partition coefficient (Wildman–Crippen LogP) is 9.56. The van der Waals surface area contributed by atoms with Crippen LogP contribution in [0, 0.1) is 0 Å². The van der Waals surface area contributed by atoms with Crippen molar-refractivity contribution in [2.24, 2.45) is 0 Å². The standard InChI is InChI=1S/C39H26N2Si/c1-42(25-13-3-2-4-14-25)40-36(23-34-30-19-7-5-15-26(30)28-17-9-11-21-32(28)38(34)40)37-24-35-31-20-8-6-16-27(31)29-18-10-12-22-33(29)39(35)41(37)42/h2-24H,1H3. The van der Waals surface area contributed by atoms with E-state index in [4.69, 9.17) is 0 Å². The number of hydrogen-bond donors (Lipinski definition) is 0. The van der Waals surface area contributed by atoms with Crippen LogP contribution in [0.1, 0.15) is 0 Å². The van der Waals surface area contributed by atoms with Crippen LogP contribution in [0.2, 0.25) is 6.55 Å². The molecule has 42 heavy (non-hydrogen) atoms. The second-order valence-electron chi connectivity index (χ2n) is 11.8. The van der Waals surface area contributed by atoms with Crippen LogP contribution >= 0.6 is 0 Å². The average Bonchev–Trinajstić information content (AvgIpc) is 3.72. The normalized spacial score (nSPS) is 14.0. The van der Waals surface area contributed by atoms with Crippen molar-refractivity contribution in [3.63, 3.8) is 0 Å². The van der Waals surface area contributed by atoms with Crippen LogP contribution in [-0.2, 0) is 0 Å². The maximum atomic E-state index is 2.77. The molecule has 3 heterocycles. The molecule has 0 amide bonds. The number of hydrogen-bond acceptors (Lipinski definition) is 0. The first-order valence-electron chi connectivity index (χ1n) is 14.7. The van der Waals surface area contributed by atoms with Gasteiger partial charge in [0, 0.05) is 21.5 Å². The van der Waals surface area contributed by atoms with Gasteiger partial charge in [-0.15, -0.1) is 0 Å². The van der Waals surface area contributed by atoms with Gasteiger partial charge in [0.2, 0.25) is 0 Å². The van der Waals surface area contributed by atoms with Crippen LogP contribution in [0.3, 0.4) is 0 Å². The van der Waals surface area contributed by atoms with Gasteiger partial charge in [-0.2, -0.15) is 0 Å². The second-order valence-corrected chi connectivity index (χ2v) is 15.3. The van der Waals surface area contributed by atoms with Crippen molar-refractivity contribution >= 4 is 78.5 Å². The summed E-state index contributed by atoms with van der Waals surface area (Å²) in [5.41, 5.74) is 5.38. The molecule has 0 spiro atoms. The summed E-state index contributed by atoms with van der Waals surface area (Å²) in [6.45, 7) is 2.55. The molecule has 196 valence electrons. The summed E-state index contributed by atoms with van der Waals surface area (Å²) in [7, 11) is -2.60. The largest absolute Gasteiger partial charge is 0.344 e. The first-order valence-corrected chi connectivity index (χ1v) is 17.1. The summed E-state index contributed by atoms with van der Waals surface area (Å²) in [4.78, 5) is 0. The lowest BCUT2D eigenvalue weighted by atomic mass is 9.98. The number of aromatic nitrogens is 2. The van der Waals surface area contributed by atoms with Crippen LogP contribution in [-0.4, -0.2) is 16.9 Å². The van der Waals surface area contributed by atoms with Gasteiger partial charge in [0.1, 0.15) is 0 Å². The number of nitrogens with zero attached hydrogens (tertiary/aromatic N) is 2. The number of rotatable bonds is 1. The molecule has 7 aromatic carbocycles. The van der Waals surface area contributed by atoms with E-state index in [0.29, 0.717) is 0 Å². The van der Waals surface area contributed by atoms with E-state index in [2.05, 4.69) is 155 Å². The summed E-state index contributed by atoms with van der Waals surface area (Å²) in [5, 5.41) is 14.7. The van der Waals surface area contributed by atoms with Crippen molar-refractivity contribution in [2.75, 3.05) is 0 Å². The van der Waals surface area contributed by atoms with E-state index in [1.54, 1.807) is 0 Å². The van der Waals surface area contributed by atoms with E-state index in [-0.39, 0.29) is 0 Å². The quantitative estimate of drug-likeness (QED) is 0.142. The zero-order chi connectivity index (χ0) is 27.6. The Balaban J connectivity index is 1.49. The Kier molecular flexibility index (Phi) is 4.18. The summed E-state index contributed by atoms with van der Waals surface area (Å²) < 4.78 is 5.54. The maximum Gasteiger partial charge on any atom is 0.303 e. The number of benzene rings is 7. The van der Waals surface area contributed by atoms with Crippen molar-refractivity contribution in [1.82, 2.24) is 8.47 Å². The molecule has 0 atom stereocenters. The lowest BCUT2D eigenvalue weighted by Crippen LogP contribution is -2.56. The smallest absolute Gasteiger partial charge is 0.303 e. The Morgan fingerprint density at radius 3 is 1.07 bits per heavy atom. The van der Waals surface area contributed by atoms with Crippen LogP contribution in [0.25, 0.3) is 76.3 Å². The molecule has 3 heteroatoms. The fraction of sp³-hybridized carbons (Fsp3) is 0.0256. The van der Waals surface area contributed by atoms with Gasteiger partial charge in [-0.1, -0.05) is 127 Å². The zero-order valence-corrected chi connectivity index (χ0v) is 24.2. The Hall–Kier alpha value is -5.12. The fourth-order valence-electron chi connectivity index (χ4n) is 8.11. The molecule has 0 saturated carbocycles. The molecule has 0 radical (unpaired) electrons. The molecule has 9 aromatic rings. The van der Waals surface area contributed by atoms with Gasteiger partial charge >= 0.3 is 8.40 Å². The molecule has 1 aliphatic heterocycles. The minimum atomic E-state index is -2.60. The minimum absolute atomic E-state index is 1.32. The molecule has 10 rings (SSSR count). The molecule has 0 N–H and O–H groups in total. The summed E-state index contributed by atoms with van der Waals surface area (Å²) in [6.07, 6.45) is 0. The Labute approximate surface area is 243 Å². The summed E-state index contributed by atoms with van der Waals surface area (Å²) in [5.74, 6) is 0. The van der Waals surface area contributed by atoms with Crippen molar-refractivity contribution in [1.29, 1.82) is 0 Å². The minimum Gasteiger partial charge on any atom is -0.344 e. The van der Waals surface area contributed by atoms with E-state index >= 15 is 0 Å². The third kappa shape index (κ3) is 2.57. The van der Waals surface area contributed by atoms with E-state index in [9.17, 15) is 0 Å². The molecule has 0 unspecified atom stereocenters. The predicted molar refractivity (Wildman–Crippen MR) is 181 cm³/mol. The Morgan fingerprint density at radius 2 is 0.667 bits per heavy atom. The molecule has 0 aliphatic carbocycles. The highest BCUT2D eigenvalue weighted by molar-refractivity contribution is 6.91. The molecule has 0 saturated heterocycles. The fourth-order valence-corrected chi connectivity index (χ4v) is 12.3. The Morgan fingerprint density at radius 1 is 0.357 bits per heavy atom. The maximum absolute atomic E-state index is 2.77. The van der Waals surface area contributed by atoms with Gasteiger partial charge < -0.3 is 8.47 Å². The lowest BCUT2D eigenvalue weighted by molar-refractivity contribution is 1.18. The Bertz CT molecular complexity index is 2430. The van der Waals surface area contributed by atoms with Crippen molar-refractivity contribution < 1.29 is 0 Å². The van der Waals surface area contributed by atoms with Gasteiger partial charge in [0.25, 0.3) is 0 Å². The summed E-state index contributed by atoms with van der Waals surface area (Å²) in [6, 6.07) is 52.1.